The summed E-state index contributed by atoms with van der Waals surface area (Å²) in [6, 6.07) is 1.70. The van der Waals surface area contributed by atoms with E-state index < -0.39 is 10.0 Å². The second-order valence-electron chi connectivity index (χ2n) is 5.74. The Morgan fingerprint density at radius 3 is 2.64 bits per heavy atom. The summed E-state index contributed by atoms with van der Waals surface area (Å²) in [5, 5.41) is 7.38. The third kappa shape index (κ3) is 3.51. The van der Waals surface area contributed by atoms with E-state index in [0.29, 0.717) is 17.2 Å². The lowest BCUT2D eigenvalue weighted by atomic mass is 10.2. The Morgan fingerprint density at radius 1 is 1.20 bits per heavy atom. The molecule has 0 atom stereocenters. The van der Waals surface area contributed by atoms with Crippen LogP contribution in [0, 0.1) is 27.7 Å². The van der Waals surface area contributed by atoms with Crippen molar-refractivity contribution in [3.8, 4) is 0 Å². The Bertz CT molecular complexity index is 1020. The predicted molar refractivity (Wildman–Crippen MR) is 97.7 cm³/mol. The van der Waals surface area contributed by atoms with Crippen molar-refractivity contribution in [1.82, 2.24) is 24.3 Å². The van der Waals surface area contributed by atoms with Crippen LogP contribution in [0.15, 0.2) is 17.3 Å². The van der Waals surface area contributed by atoms with Crippen LogP contribution in [-0.4, -0.2) is 41.1 Å². The number of hydrogen-bond acceptors (Lipinski definition) is 7. The maximum absolute atomic E-state index is 12.4. The third-order valence-electron chi connectivity index (χ3n) is 3.90. The molecule has 2 N–H and O–H groups in total. The first kappa shape index (κ1) is 17.8. The van der Waals surface area contributed by atoms with Crippen LogP contribution in [0.3, 0.4) is 0 Å². The third-order valence-corrected chi connectivity index (χ3v) is 6.58. The number of thiophene rings is 1. The highest BCUT2D eigenvalue weighted by molar-refractivity contribution is 7.89. The summed E-state index contributed by atoms with van der Waals surface area (Å²) in [5.74, 6) is 1.28. The molecule has 10 heteroatoms. The van der Waals surface area contributed by atoms with Crippen LogP contribution < -0.4 is 10.0 Å². The summed E-state index contributed by atoms with van der Waals surface area (Å²) in [5.41, 5.74) is 1.80. The van der Waals surface area contributed by atoms with Crippen LogP contribution in [-0.2, 0) is 10.0 Å². The summed E-state index contributed by atoms with van der Waals surface area (Å²) >= 11 is 1.48. The van der Waals surface area contributed by atoms with Crippen LogP contribution in [0.2, 0.25) is 0 Å². The average Bonchev–Trinajstić information content (AvgIpc) is 3.13. The number of fused-ring (bicyclic) bond motifs is 1. The average molecular weight is 380 g/mol. The molecule has 3 aromatic rings. The van der Waals surface area contributed by atoms with E-state index in [1.54, 1.807) is 10.6 Å². The fraction of sp³-hybridized carbons (Fsp3) is 0.400. The molecule has 3 heterocycles. The normalized spacial score (nSPS) is 12.0. The molecule has 0 amide bonds. The van der Waals surface area contributed by atoms with Gasteiger partial charge < -0.3 is 5.32 Å². The van der Waals surface area contributed by atoms with E-state index in [1.165, 1.54) is 17.7 Å². The second-order valence-corrected chi connectivity index (χ2v) is 8.94. The number of hydrogen-bond donors (Lipinski definition) is 2. The van der Waals surface area contributed by atoms with Crippen molar-refractivity contribution in [3.63, 3.8) is 0 Å². The first-order chi connectivity index (χ1) is 11.8. The van der Waals surface area contributed by atoms with Crippen molar-refractivity contribution >= 4 is 33.0 Å². The summed E-state index contributed by atoms with van der Waals surface area (Å²) in [4.78, 5) is 10.6. The van der Waals surface area contributed by atoms with Gasteiger partial charge in [0.15, 0.2) is 0 Å². The van der Waals surface area contributed by atoms with Gasteiger partial charge in [0.1, 0.15) is 12.1 Å². The largest absolute Gasteiger partial charge is 0.368 e. The molecule has 8 nitrogen and oxygen atoms in total. The Labute approximate surface area is 150 Å². The van der Waals surface area contributed by atoms with Crippen LogP contribution in [0.4, 0.5) is 5.82 Å². The van der Waals surface area contributed by atoms with Gasteiger partial charge >= 0.3 is 0 Å². The van der Waals surface area contributed by atoms with Gasteiger partial charge in [0, 0.05) is 34.1 Å². The van der Waals surface area contributed by atoms with Gasteiger partial charge in [-0.05, 0) is 33.8 Å². The molecule has 3 aromatic heterocycles. The highest BCUT2D eigenvalue weighted by atomic mass is 32.2. The van der Waals surface area contributed by atoms with E-state index in [1.807, 2.05) is 27.7 Å². The molecule has 0 aromatic carbocycles. The molecule has 0 fully saturated rings. The molecule has 0 aliphatic carbocycles. The molecule has 0 aliphatic rings. The molecular weight excluding hydrogens is 360 g/mol. The van der Waals surface area contributed by atoms with Crippen LogP contribution >= 0.6 is 11.3 Å². The van der Waals surface area contributed by atoms with Gasteiger partial charge in [0.25, 0.3) is 5.78 Å². The van der Waals surface area contributed by atoms with Crippen LogP contribution in [0.1, 0.15) is 21.0 Å². The van der Waals surface area contributed by atoms with E-state index in [2.05, 4.69) is 25.1 Å². The fourth-order valence-corrected chi connectivity index (χ4v) is 5.14. The SMILES string of the molecule is Cc1cc(S(=O)(=O)NCCNc2c(C)c(C)nc3ncnn23)c(C)s1. The highest BCUT2D eigenvalue weighted by Gasteiger charge is 2.18. The van der Waals surface area contributed by atoms with Crippen molar-refractivity contribution in [1.29, 1.82) is 0 Å². The Morgan fingerprint density at radius 2 is 1.96 bits per heavy atom. The molecular formula is C15H20N6O2S2. The molecule has 0 radical (unpaired) electrons. The molecule has 25 heavy (non-hydrogen) atoms. The summed E-state index contributed by atoms with van der Waals surface area (Å²) in [6.07, 6.45) is 1.44. The minimum Gasteiger partial charge on any atom is -0.368 e. The maximum atomic E-state index is 12.4. The lowest BCUT2D eigenvalue weighted by Gasteiger charge is -2.13. The maximum Gasteiger partial charge on any atom is 0.254 e. The number of nitrogens with one attached hydrogen (secondary N) is 2. The van der Waals surface area contributed by atoms with E-state index in [4.69, 9.17) is 0 Å². The first-order valence-corrected chi connectivity index (χ1v) is 10.1. The topological polar surface area (TPSA) is 101 Å². The fourth-order valence-electron chi connectivity index (χ4n) is 2.56. The molecule has 134 valence electrons. The lowest BCUT2D eigenvalue weighted by Crippen LogP contribution is -2.29. The number of rotatable bonds is 6. The van der Waals surface area contributed by atoms with E-state index >= 15 is 0 Å². The number of sulfonamides is 1. The molecule has 0 saturated carbocycles. The Balaban J connectivity index is 1.69. The van der Waals surface area contributed by atoms with Gasteiger partial charge in [0.2, 0.25) is 10.0 Å². The summed E-state index contributed by atoms with van der Waals surface area (Å²) in [6.45, 7) is 8.23. The number of anilines is 1. The molecule has 0 saturated heterocycles. The standard InChI is InChI=1S/C15H20N6O2S2/c1-9-7-13(12(4)24-9)25(22,23)19-6-5-16-14-10(2)11(3)20-15-17-8-18-21(14)15/h7-8,16,19H,5-6H2,1-4H3. The zero-order chi connectivity index (χ0) is 18.2. The Hall–Kier alpha value is -2.04. The number of nitrogens with zero attached hydrogens (tertiary/aromatic N) is 4. The predicted octanol–water partition coefficient (Wildman–Crippen LogP) is 1.81. The van der Waals surface area contributed by atoms with Crippen molar-refractivity contribution in [2.24, 2.45) is 0 Å². The van der Waals surface area contributed by atoms with Gasteiger partial charge in [-0.1, -0.05) is 0 Å². The van der Waals surface area contributed by atoms with E-state index in [0.717, 1.165) is 26.8 Å². The monoisotopic (exact) mass is 380 g/mol. The quantitative estimate of drug-likeness (QED) is 0.633. The second kappa shape index (κ2) is 6.70. The molecule has 3 rings (SSSR count). The van der Waals surface area contributed by atoms with Crippen molar-refractivity contribution in [3.05, 3.63) is 33.4 Å². The number of aromatic nitrogens is 4. The molecule has 0 spiro atoms. The van der Waals surface area contributed by atoms with E-state index in [9.17, 15) is 8.42 Å². The molecule has 0 unspecified atom stereocenters. The minimum atomic E-state index is -3.50. The van der Waals surface area contributed by atoms with Crippen molar-refractivity contribution in [2.45, 2.75) is 32.6 Å². The minimum absolute atomic E-state index is 0.258. The van der Waals surface area contributed by atoms with Gasteiger partial charge in [0.05, 0.1) is 4.90 Å². The van der Waals surface area contributed by atoms with Crippen molar-refractivity contribution in [2.75, 3.05) is 18.4 Å². The lowest BCUT2D eigenvalue weighted by molar-refractivity contribution is 0.582. The summed E-state index contributed by atoms with van der Waals surface area (Å²) in [7, 11) is -3.50. The molecule has 0 bridgehead atoms. The Kier molecular flexibility index (Phi) is 4.76. The zero-order valence-corrected chi connectivity index (χ0v) is 16.1. The van der Waals surface area contributed by atoms with E-state index in [-0.39, 0.29) is 6.54 Å². The summed E-state index contributed by atoms with van der Waals surface area (Å²) < 4.78 is 29.0. The first-order valence-electron chi connectivity index (χ1n) is 7.77. The molecule has 0 aliphatic heterocycles. The number of aryl methyl sites for hydroxylation is 3. The zero-order valence-electron chi connectivity index (χ0n) is 14.5. The van der Waals surface area contributed by atoms with Gasteiger partial charge in [-0.25, -0.2) is 18.1 Å². The van der Waals surface area contributed by atoms with Crippen LogP contribution in [0.25, 0.3) is 5.78 Å². The van der Waals surface area contributed by atoms with Crippen LogP contribution in [0.5, 0.6) is 0 Å². The highest BCUT2D eigenvalue weighted by Crippen LogP contribution is 2.24. The van der Waals surface area contributed by atoms with Crippen molar-refractivity contribution < 1.29 is 8.42 Å². The van der Waals surface area contributed by atoms with Gasteiger partial charge in [-0.3, -0.25) is 0 Å². The smallest absolute Gasteiger partial charge is 0.254 e. The van der Waals surface area contributed by atoms with Gasteiger partial charge in [-0.2, -0.15) is 14.6 Å². The van der Waals surface area contributed by atoms with Gasteiger partial charge in [-0.15, -0.1) is 11.3 Å².